The average Bonchev–Trinajstić information content (AvgIpc) is 2.56. The van der Waals surface area contributed by atoms with Crippen molar-refractivity contribution in [1.29, 1.82) is 0 Å². The van der Waals surface area contributed by atoms with Crippen molar-refractivity contribution >= 4 is 39.9 Å². The maximum Gasteiger partial charge on any atom is 0.309 e. The van der Waals surface area contributed by atoms with E-state index in [1.807, 2.05) is 0 Å². The van der Waals surface area contributed by atoms with Gasteiger partial charge < -0.3 is 10.1 Å². The molecule has 0 amide bonds. The summed E-state index contributed by atoms with van der Waals surface area (Å²) in [6.07, 6.45) is 1.38. The topological polar surface area (TPSA) is 81.2 Å². The van der Waals surface area contributed by atoms with Gasteiger partial charge in [-0.1, -0.05) is 6.07 Å². The smallest absolute Gasteiger partial charge is 0.309 e. The van der Waals surface area contributed by atoms with Gasteiger partial charge in [-0.15, -0.1) is 0 Å². The summed E-state index contributed by atoms with van der Waals surface area (Å²) in [7, 11) is 0.0161. The molecule has 6 nitrogen and oxygen atoms in total. The lowest BCUT2D eigenvalue weighted by Gasteiger charge is -2.18. The first-order chi connectivity index (χ1) is 12.0. The number of carbonyl (C=O) groups is 1. The van der Waals surface area contributed by atoms with E-state index >= 15 is 0 Å². The maximum atomic E-state index is 14.4. The third kappa shape index (κ3) is 3.96. The van der Waals surface area contributed by atoms with Crippen LogP contribution < -0.4 is 5.32 Å². The second-order valence-electron chi connectivity index (χ2n) is 5.46. The van der Waals surface area contributed by atoms with Gasteiger partial charge in [0.2, 0.25) is 5.28 Å². The van der Waals surface area contributed by atoms with Gasteiger partial charge in [-0.2, -0.15) is 4.98 Å². The fourth-order valence-electron chi connectivity index (χ4n) is 2.57. The monoisotopic (exact) mass is 383 g/mol. The predicted molar refractivity (Wildman–Crippen MR) is 92.0 cm³/mol. The van der Waals surface area contributed by atoms with E-state index in [0.29, 0.717) is 28.3 Å². The van der Waals surface area contributed by atoms with Gasteiger partial charge in [-0.3, -0.25) is 9.00 Å². The zero-order valence-corrected chi connectivity index (χ0v) is 14.9. The highest BCUT2D eigenvalue weighted by Gasteiger charge is 2.24. The van der Waals surface area contributed by atoms with Gasteiger partial charge in [0, 0.05) is 5.75 Å². The fraction of sp³-hybridized carbons (Fsp3) is 0.312. The number of fused-ring (bicyclic) bond motifs is 1. The highest BCUT2D eigenvalue weighted by atomic mass is 35.5. The van der Waals surface area contributed by atoms with E-state index in [-0.39, 0.29) is 23.2 Å². The summed E-state index contributed by atoms with van der Waals surface area (Å²) < 4.78 is 31.2. The van der Waals surface area contributed by atoms with Crippen LogP contribution in [-0.4, -0.2) is 33.0 Å². The molecule has 0 aliphatic carbocycles. The molecule has 0 fully saturated rings. The summed E-state index contributed by atoms with van der Waals surface area (Å²) in [4.78, 5) is 19.9. The van der Waals surface area contributed by atoms with Crippen LogP contribution in [0.4, 0.5) is 15.9 Å². The van der Waals surface area contributed by atoms with Crippen LogP contribution in [0.3, 0.4) is 0 Å². The summed E-state index contributed by atoms with van der Waals surface area (Å²) in [5.41, 5.74) is 1.25. The first-order valence-corrected chi connectivity index (χ1v) is 9.24. The minimum atomic E-state index is -1.26. The van der Waals surface area contributed by atoms with E-state index in [4.69, 9.17) is 11.6 Å². The van der Waals surface area contributed by atoms with Gasteiger partial charge in [0.1, 0.15) is 10.7 Å². The van der Waals surface area contributed by atoms with Gasteiger partial charge in [0.25, 0.3) is 0 Å². The minimum absolute atomic E-state index is 0.0165. The van der Waals surface area contributed by atoms with Crippen molar-refractivity contribution in [3.63, 3.8) is 0 Å². The van der Waals surface area contributed by atoms with E-state index in [9.17, 15) is 13.4 Å². The van der Waals surface area contributed by atoms with E-state index < -0.39 is 22.6 Å². The van der Waals surface area contributed by atoms with E-state index in [1.165, 1.54) is 19.2 Å². The first-order valence-electron chi connectivity index (χ1n) is 7.55. The Hall–Kier alpha value is -2.06. The van der Waals surface area contributed by atoms with E-state index in [1.54, 1.807) is 6.07 Å². The van der Waals surface area contributed by atoms with Crippen molar-refractivity contribution < 1.29 is 18.1 Å². The molecule has 1 aromatic carbocycles. The van der Waals surface area contributed by atoms with Crippen LogP contribution in [0.2, 0.25) is 5.28 Å². The van der Waals surface area contributed by atoms with E-state index in [2.05, 4.69) is 20.0 Å². The van der Waals surface area contributed by atoms with Crippen LogP contribution in [0, 0.1) is 5.82 Å². The summed E-state index contributed by atoms with van der Waals surface area (Å²) in [5, 5.41) is 2.86. The molecule has 1 aliphatic heterocycles. The number of rotatable bonds is 4. The number of aryl methyl sites for hydroxylation is 1. The second-order valence-corrected chi connectivity index (χ2v) is 7.31. The Labute approximate surface area is 151 Å². The maximum absolute atomic E-state index is 14.4. The van der Waals surface area contributed by atoms with Crippen LogP contribution in [0.1, 0.15) is 17.7 Å². The van der Waals surface area contributed by atoms with Crippen LogP contribution in [0.25, 0.3) is 0 Å². The molecule has 0 bridgehead atoms. The molecule has 1 N–H and O–H groups in total. The number of ether oxygens (including phenoxy) is 1. The van der Waals surface area contributed by atoms with Crippen molar-refractivity contribution in [1.82, 2.24) is 9.97 Å². The molecule has 1 aromatic heterocycles. The van der Waals surface area contributed by atoms with Crippen molar-refractivity contribution in [3.05, 3.63) is 40.6 Å². The molecule has 0 saturated carbocycles. The molecule has 25 heavy (non-hydrogen) atoms. The number of halogens is 2. The summed E-state index contributed by atoms with van der Waals surface area (Å²) >= 11 is 5.93. The highest BCUT2D eigenvalue weighted by Crippen LogP contribution is 2.31. The first kappa shape index (κ1) is 17.8. The number of aromatic nitrogens is 2. The van der Waals surface area contributed by atoms with Crippen LogP contribution in [0.15, 0.2) is 23.1 Å². The van der Waals surface area contributed by atoms with Gasteiger partial charge in [0.15, 0.2) is 5.82 Å². The Morgan fingerprint density at radius 2 is 2.24 bits per heavy atom. The minimum Gasteiger partial charge on any atom is -0.469 e. The Kier molecular flexibility index (Phi) is 5.29. The number of hydrogen-bond donors (Lipinski definition) is 1. The number of esters is 1. The molecule has 1 aliphatic rings. The molecular weight excluding hydrogens is 369 g/mol. The molecule has 9 heteroatoms. The lowest BCUT2D eigenvalue weighted by atomic mass is 10.1. The molecular formula is C16H15ClFN3O3S. The number of benzene rings is 1. The molecule has 0 radical (unpaired) electrons. The normalized spacial score (nSPS) is 16.2. The molecule has 132 valence electrons. The van der Waals surface area contributed by atoms with Crippen LogP contribution in [-0.2, 0) is 33.2 Å². The van der Waals surface area contributed by atoms with Gasteiger partial charge in [-0.05, 0) is 42.1 Å². The summed E-state index contributed by atoms with van der Waals surface area (Å²) in [5.74, 6) is -0.265. The summed E-state index contributed by atoms with van der Waals surface area (Å²) in [6, 6.07) is 4.34. The SMILES string of the molecule is COC(=O)Cc1ccc(Nc2nc(Cl)nc3c2S(=O)CCC3)c(F)c1. The molecule has 3 rings (SSSR count). The number of hydrogen-bond acceptors (Lipinski definition) is 6. The molecule has 1 unspecified atom stereocenters. The zero-order chi connectivity index (χ0) is 18.0. The van der Waals surface area contributed by atoms with Gasteiger partial charge in [-0.25, -0.2) is 9.37 Å². The molecule has 2 heterocycles. The Morgan fingerprint density at radius 3 is 2.96 bits per heavy atom. The van der Waals surface area contributed by atoms with Crippen molar-refractivity contribution in [2.75, 3.05) is 18.2 Å². The fourth-order valence-corrected chi connectivity index (χ4v) is 4.09. The number of nitrogens with one attached hydrogen (secondary N) is 1. The third-order valence-electron chi connectivity index (χ3n) is 3.74. The Balaban J connectivity index is 1.91. The van der Waals surface area contributed by atoms with Crippen molar-refractivity contribution in [3.8, 4) is 0 Å². The lowest BCUT2D eigenvalue weighted by Crippen LogP contribution is -2.16. The quantitative estimate of drug-likeness (QED) is 0.646. The zero-order valence-electron chi connectivity index (χ0n) is 13.3. The number of anilines is 2. The largest absolute Gasteiger partial charge is 0.469 e. The van der Waals surface area contributed by atoms with Gasteiger partial charge in [0.05, 0.1) is 35.7 Å². The molecule has 1 atom stereocenters. The average molecular weight is 384 g/mol. The Bertz CT molecular complexity index is 863. The van der Waals surface area contributed by atoms with Crippen molar-refractivity contribution in [2.24, 2.45) is 0 Å². The Morgan fingerprint density at radius 1 is 1.44 bits per heavy atom. The van der Waals surface area contributed by atoms with Crippen LogP contribution in [0.5, 0.6) is 0 Å². The second kappa shape index (κ2) is 7.45. The highest BCUT2D eigenvalue weighted by molar-refractivity contribution is 7.85. The molecule has 2 aromatic rings. The standard InChI is InChI=1S/C16H15ClFN3O3S/c1-24-13(22)8-9-4-5-11(10(18)7-9)19-15-14-12(20-16(17)21-15)3-2-6-25(14)23/h4-5,7H,2-3,6,8H2,1H3,(H,19,20,21). The van der Waals surface area contributed by atoms with Crippen LogP contribution >= 0.6 is 11.6 Å². The summed E-state index contributed by atoms with van der Waals surface area (Å²) in [6.45, 7) is 0. The van der Waals surface area contributed by atoms with Gasteiger partial charge >= 0.3 is 5.97 Å². The number of carbonyl (C=O) groups excluding carboxylic acids is 1. The van der Waals surface area contributed by atoms with E-state index in [0.717, 1.165) is 6.42 Å². The van der Waals surface area contributed by atoms with Crippen molar-refractivity contribution in [2.45, 2.75) is 24.2 Å². The number of methoxy groups -OCH3 is 1. The molecule has 0 spiro atoms. The molecule has 0 saturated heterocycles. The number of nitrogens with zero attached hydrogens (tertiary/aromatic N) is 2. The lowest BCUT2D eigenvalue weighted by molar-refractivity contribution is -0.139. The third-order valence-corrected chi connectivity index (χ3v) is 5.45. The predicted octanol–water partition coefficient (Wildman–Crippen LogP) is 2.78.